The highest BCUT2D eigenvalue weighted by Gasteiger charge is 2.21. The van der Waals surface area contributed by atoms with Crippen molar-refractivity contribution in [1.29, 1.82) is 0 Å². The lowest BCUT2D eigenvalue weighted by molar-refractivity contribution is 0.0906. The molecule has 0 aliphatic heterocycles. The van der Waals surface area contributed by atoms with E-state index in [2.05, 4.69) is 15.7 Å². The first-order valence-electron chi connectivity index (χ1n) is 5.35. The Labute approximate surface area is 106 Å². The highest BCUT2D eigenvalue weighted by atomic mass is 35.5. The van der Waals surface area contributed by atoms with E-state index < -0.39 is 0 Å². The second-order valence-corrected chi connectivity index (χ2v) is 4.77. The van der Waals surface area contributed by atoms with Crippen molar-refractivity contribution in [3.8, 4) is 0 Å². The largest absolute Gasteiger partial charge is 0.346 e. The fraction of sp³-hybridized carbons (Fsp3) is 0.455. The van der Waals surface area contributed by atoms with E-state index in [9.17, 15) is 4.79 Å². The molecule has 17 heavy (non-hydrogen) atoms. The number of hydrogen-bond acceptors (Lipinski definition) is 4. The number of pyridine rings is 1. The Bertz CT molecular complexity index is 420. The van der Waals surface area contributed by atoms with Crippen molar-refractivity contribution in [2.24, 2.45) is 5.84 Å². The average molecular weight is 257 g/mol. The molecule has 1 aromatic rings. The first-order valence-corrected chi connectivity index (χ1v) is 5.73. The number of halogens is 1. The number of amides is 1. The van der Waals surface area contributed by atoms with Crippen LogP contribution >= 0.6 is 11.6 Å². The first-order chi connectivity index (χ1) is 7.89. The van der Waals surface area contributed by atoms with Gasteiger partial charge in [0.2, 0.25) is 0 Å². The average Bonchev–Trinajstić information content (AvgIpc) is 2.29. The number of nitrogens with one attached hydrogen (secondary N) is 2. The van der Waals surface area contributed by atoms with Crippen molar-refractivity contribution in [2.75, 3.05) is 5.43 Å². The smallest absolute Gasteiger partial charge is 0.271 e. The number of aromatic nitrogens is 1. The predicted molar refractivity (Wildman–Crippen MR) is 68.9 cm³/mol. The Morgan fingerprint density at radius 2 is 2.18 bits per heavy atom. The molecule has 0 unspecified atom stereocenters. The van der Waals surface area contributed by atoms with E-state index in [0.29, 0.717) is 10.8 Å². The molecule has 0 fully saturated rings. The number of nitrogens with two attached hydrogens (primary N) is 1. The number of anilines is 1. The third kappa shape index (κ3) is 3.57. The van der Waals surface area contributed by atoms with E-state index in [1.807, 2.05) is 20.8 Å². The molecule has 0 bridgehead atoms. The maximum Gasteiger partial charge on any atom is 0.271 e. The number of nitrogens with zero attached hydrogens (tertiary/aromatic N) is 1. The van der Waals surface area contributed by atoms with Gasteiger partial charge in [0, 0.05) is 5.54 Å². The zero-order valence-electron chi connectivity index (χ0n) is 10.2. The molecule has 0 saturated carbocycles. The standard InChI is InChI=1S/C11H17ClN4O/c1-4-11(2,3)15-10(17)9-7(12)5-6-8(14-9)16-13/h5-6H,4,13H2,1-3H3,(H,14,16)(H,15,17). The number of rotatable bonds is 4. The first kappa shape index (κ1) is 13.7. The predicted octanol–water partition coefficient (Wildman–Crippen LogP) is 1.94. The summed E-state index contributed by atoms with van der Waals surface area (Å²) in [5.41, 5.74) is 2.25. The molecule has 0 atom stereocenters. The fourth-order valence-corrected chi connectivity index (χ4v) is 1.33. The summed E-state index contributed by atoms with van der Waals surface area (Å²) in [7, 11) is 0. The van der Waals surface area contributed by atoms with Crippen LogP contribution in [0, 0.1) is 0 Å². The van der Waals surface area contributed by atoms with Crippen LogP contribution in [0.15, 0.2) is 12.1 Å². The topological polar surface area (TPSA) is 80.0 Å². The summed E-state index contributed by atoms with van der Waals surface area (Å²) in [5.74, 6) is 5.33. The molecule has 1 heterocycles. The van der Waals surface area contributed by atoms with Gasteiger partial charge in [0.25, 0.3) is 5.91 Å². The Morgan fingerprint density at radius 1 is 1.53 bits per heavy atom. The molecule has 0 saturated heterocycles. The molecule has 94 valence electrons. The maximum absolute atomic E-state index is 12.0. The molecule has 5 nitrogen and oxygen atoms in total. The molecule has 0 aliphatic rings. The van der Waals surface area contributed by atoms with Crippen LogP contribution in [0.25, 0.3) is 0 Å². The summed E-state index contributed by atoms with van der Waals surface area (Å²) in [4.78, 5) is 16.0. The zero-order valence-corrected chi connectivity index (χ0v) is 10.9. The minimum absolute atomic E-state index is 0.170. The van der Waals surface area contributed by atoms with E-state index in [0.717, 1.165) is 6.42 Å². The van der Waals surface area contributed by atoms with Crippen LogP contribution in [0.5, 0.6) is 0 Å². The van der Waals surface area contributed by atoms with Crippen LogP contribution in [-0.2, 0) is 0 Å². The molecule has 1 rings (SSSR count). The quantitative estimate of drug-likeness (QED) is 0.568. The number of hydrazine groups is 1. The summed E-state index contributed by atoms with van der Waals surface area (Å²) >= 11 is 5.93. The normalized spacial score (nSPS) is 11.1. The van der Waals surface area contributed by atoms with Gasteiger partial charge in [-0.3, -0.25) is 4.79 Å². The van der Waals surface area contributed by atoms with Gasteiger partial charge in [-0.1, -0.05) is 18.5 Å². The van der Waals surface area contributed by atoms with Crippen LogP contribution in [-0.4, -0.2) is 16.4 Å². The molecule has 0 spiro atoms. The lowest BCUT2D eigenvalue weighted by Crippen LogP contribution is -2.43. The molecule has 0 aromatic carbocycles. The van der Waals surface area contributed by atoms with Gasteiger partial charge in [0.05, 0.1) is 5.02 Å². The molecule has 4 N–H and O–H groups in total. The summed E-state index contributed by atoms with van der Waals surface area (Å²) < 4.78 is 0. The van der Waals surface area contributed by atoms with Crippen molar-refractivity contribution >= 4 is 23.3 Å². The van der Waals surface area contributed by atoms with Crippen LogP contribution in [0.2, 0.25) is 5.02 Å². The Morgan fingerprint density at radius 3 is 2.71 bits per heavy atom. The van der Waals surface area contributed by atoms with Gasteiger partial charge in [0.15, 0.2) is 0 Å². The molecular weight excluding hydrogens is 240 g/mol. The van der Waals surface area contributed by atoms with Gasteiger partial charge >= 0.3 is 0 Å². The number of nitrogen functional groups attached to an aromatic ring is 1. The molecule has 0 aliphatic carbocycles. The minimum Gasteiger partial charge on any atom is -0.346 e. The summed E-state index contributed by atoms with van der Waals surface area (Å²) in [5, 5.41) is 3.16. The van der Waals surface area contributed by atoms with E-state index in [1.165, 1.54) is 0 Å². The SMILES string of the molecule is CCC(C)(C)NC(=O)c1nc(NN)ccc1Cl. The van der Waals surface area contributed by atoms with E-state index in [4.69, 9.17) is 17.4 Å². The second kappa shape index (κ2) is 5.33. The Balaban J connectivity index is 2.96. The second-order valence-electron chi connectivity index (χ2n) is 4.36. The van der Waals surface area contributed by atoms with Gasteiger partial charge in [-0.2, -0.15) is 0 Å². The summed E-state index contributed by atoms with van der Waals surface area (Å²) in [6.07, 6.45) is 0.811. The van der Waals surface area contributed by atoms with Gasteiger partial charge in [0.1, 0.15) is 11.5 Å². The van der Waals surface area contributed by atoms with E-state index in [1.54, 1.807) is 12.1 Å². The summed E-state index contributed by atoms with van der Waals surface area (Å²) in [6, 6.07) is 3.18. The van der Waals surface area contributed by atoms with Crippen LogP contribution in [0.1, 0.15) is 37.7 Å². The number of carbonyl (C=O) groups excluding carboxylic acids is 1. The highest BCUT2D eigenvalue weighted by molar-refractivity contribution is 6.33. The van der Waals surface area contributed by atoms with Crippen molar-refractivity contribution in [3.63, 3.8) is 0 Å². The van der Waals surface area contributed by atoms with Crippen molar-refractivity contribution in [3.05, 3.63) is 22.8 Å². The lowest BCUT2D eigenvalue weighted by atomic mass is 10.0. The van der Waals surface area contributed by atoms with Crippen LogP contribution in [0.4, 0.5) is 5.82 Å². The van der Waals surface area contributed by atoms with Crippen LogP contribution in [0.3, 0.4) is 0 Å². The number of carbonyl (C=O) groups is 1. The van der Waals surface area contributed by atoms with E-state index >= 15 is 0 Å². The van der Waals surface area contributed by atoms with Gasteiger partial charge in [-0.05, 0) is 32.4 Å². The van der Waals surface area contributed by atoms with Crippen molar-refractivity contribution in [1.82, 2.24) is 10.3 Å². The van der Waals surface area contributed by atoms with Gasteiger partial charge < -0.3 is 10.7 Å². The van der Waals surface area contributed by atoms with Crippen molar-refractivity contribution < 1.29 is 4.79 Å². The Kier molecular flexibility index (Phi) is 4.31. The fourth-order valence-electron chi connectivity index (χ4n) is 1.14. The third-order valence-corrected chi connectivity index (χ3v) is 2.85. The zero-order chi connectivity index (χ0) is 13.1. The molecule has 1 aromatic heterocycles. The monoisotopic (exact) mass is 256 g/mol. The van der Waals surface area contributed by atoms with E-state index in [-0.39, 0.29) is 17.1 Å². The van der Waals surface area contributed by atoms with Crippen LogP contribution < -0.4 is 16.6 Å². The van der Waals surface area contributed by atoms with Gasteiger partial charge in [-0.25, -0.2) is 10.8 Å². The maximum atomic E-state index is 12.0. The number of hydrogen-bond donors (Lipinski definition) is 3. The molecular formula is C11H17ClN4O. The third-order valence-electron chi connectivity index (χ3n) is 2.54. The lowest BCUT2D eigenvalue weighted by Gasteiger charge is -2.24. The molecule has 6 heteroatoms. The molecule has 1 amide bonds. The molecule has 0 radical (unpaired) electrons. The minimum atomic E-state index is -0.307. The highest BCUT2D eigenvalue weighted by Crippen LogP contribution is 2.17. The Hall–Kier alpha value is -1.33. The van der Waals surface area contributed by atoms with Gasteiger partial charge in [-0.15, -0.1) is 0 Å². The van der Waals surface area contributed by atoms with Crippen molar-refractivity contribution in [2.45, 2.75) is 32.7 Å². The summed E-state index contributed by atoms with van der Waals surface area (Å²) in [6.45, 7) is 5.86.